The Labute approximate surface area is 200 Å². The van der Waals surface area contributed by atoms with Gasteiger partial charge in [-0.2, -0.15) is 0 Å². The van der Waals surface area contributed by atoms with Gasteiger partial charge in [0.05, 0.1) is 19.1 Å². The van der Waals surface area contributed by atoms with Crippen molar-refractivity contribution in [2.45, 2.75) is 26.3 Å². The van der Waals surface area contributed by atoms with Crippen LogP contribution >= 0.6 is 0 Å². The molecule has 5 rings (SSSR count). The number of hydrogen-bond acceptors (Lipinski definition) is 5. The van der Waals surface area contributed by atoms with E-state index in [1.165, 1.54) is 0 Å². The Morgan fingerprint density at radius 3 is 2.74 bits per heavy atom. The lowest BCUT2D eigenvalue weighted by Gasteiger charge is -2.41. The molecule has 3 aromatic carbocycles. The molecule has 174 valence electrons. The van der Waals surface area contributed by atoms with Crippen molar-refractivity contribution < 1.29 is 14.3 Å². The van der Waals surface area contributed by atoms with Gasteiger partial charge in [-0.15, -0.1) is 0 Å². The minimum atomic E-state index is 0.0576. The number of fused-ring (bicyclic) bond motifs is 2. The smallest absolute Gasteiger partial charge is 0.227 e. The van der Waals surface area contributed by atoms with Gasteiger partial charge in [-0.25, -0.2) is 4.99 Å². The zero-order chi connectivity index (χ0) is 23.7. The summed E-state index contributed by atoms with van der Waals surface area (Å²) in [4.78, 5) is 22.4. The summed E-state index contributed by atoms with van der Waals surface area (Å²) in [7, 11) is 1.64. The van der Waals surface area contributed by atoms with Crippen LogP contribution in [0.1, 0.15) is 23.6 Å². The molecule has 1 atom stereocenters. The van der Waals surface area contributed by atoms with Crippen LogP contribution in [0.25, 0.3) is 0 Å². The van der Waals surface area contributed by atoms with Crippen LogP contribution in [0.5, 0.6) is 17.2 Å². The van der Waals surface area contributed by atoms with Crippen LogP contribution in [0.15, 0.2) is 71.7 Å². The molecule has 2 aliphatic rings. The molecule has 0 bridgehead atoms. The summed E-state index contributed by atoms with van der Waals surface area (Å²) < 4.78 is 11.5. The maximum Gasteiger partial charge on any atom is 0.227 e. The Morgan fingerprint density at radius 2 is 1.91 bits per heavy atom. The third-order valence-electron chi connectivity index (χ3n) is 6.42. The van der Waals surface area contributed by atoms with E-state index < -0.39 is 0 Å². The van der Waals surface area contributed by atoms with Gasteiger partial charge in [0.2, 0.25) is 5.91 Å². The molecule has 0 saturated carbocycles. The highest BCUT2D eigenvalue weighted by Crippen LogP contribution is 2.38. The summed E-state index contributed by atoms with van der Waals surface area (Å²) in [6.45, 7) is 6.25. The number of carbonyl (C=O) groups is 1. The van der Waals surface area contributed by atoms with E-state index in [4.69, 9.17) is 14.5 Å². The van der Waals surface area contributed by atoms with Gasteiger partial charge in [0.15, 0.2) is 5.75 Å². The van der Waals surface area contributed by atoms with E-state index in [9.17, 15) is 4.79 Å². The van der Waals surface area contributed by atoms with E-state index in [2.05, 4.69) is 30.9 Å². The second kappa shape index (κ2) is 9.21. The standard InChI is InChI=1S/C28H29N3O3/c1-19-11-12-25-23(15-19)28(29-24-9-4-5-10-26(24)34-25)30-13-14-31(20(2)18-30)27(32)17-21-7-6-8-22(16-21)33-3/h4-12,15-16,20H,13-14,17-18H2,1-3H3. The lowest BCUT2D eigenvalue weighted by atomic mass is 10.1. The number of hydrogen-bond donors (Lipinski definition) is 0. The molecule has 2 aliphatic heterocycles. The van der Waals surface area contributed by atoms with Crippen molar-refractivity contribution in [3.05, 3.63) is 83.4 Å². The third kappa shape index (κ3) is 4.36. The van der Waals surface area contributed by atoms with Crippen molar-refractivity contribution >= 4 is 17.4 Å². The molecular weight excluding hydrogens is 426 g/mol. The van der Waals surface area contributed by atoms with Crippen LogP contribution in [0.3, 0.4) is 0 Å². The maximum atomic E-state index is 13.1. The van der Waals surface area contributed by atoms with Gasteiger partial charge in [-0.1, -0.05) is 35.9 Å². The Hall–Kier alpha value is -3.80. The van der Waals surface area contributed by atoms with Crippen LogP contribution in [-0.4, -0.2) is 54.3 Å². The Balaban J connectivity index is 1.38. The number of piperazine rings is 1. The molecule has 0 spiro atoms. The van der Waals surface area contributed by atoms with Crippen molar-refractivity contribution in [3.63, 3.8) is 0 Å². The normalized spacial score (nSPS) is 17.1. The van der Waals surface area contributed by atoms with Gasteiger partial charge < -0.3 is 19.3 Å². The number of rotatable bonds is 3. The highest BCUT2D eigenvalue weighted by atomic mass is 16.5. The van der Waals surface area contributed by atoms with Gasteiger partial charge in [0, 0.05) is 25.7 Å². The summed E-state index contributed by atoms with van der Waals surface area (Å²) in [5.41, 5.74) is 3.92. The van der Waals surface area contributed by atoms with Gasteiger partial charge in [0.25, 0.3) is 0 Å². The van der Waals surface area contributed by atoms with Crippen molar-refractivity contribution in [2.24, 2.45) is 4.99 Å². The number of para-hydroxylation sites is 2. The summed E-state index contributed by atoms with van der Waals surface area (Å²) in [6.07, 6.45) is 0.367. The minimum absolute atomic E-state index is 0.0576. The molecule has 1 amide bonds. The highest BCUT2D eigenvalue weighted by molar-refractivity contribution is 6.04. The molecule has 0 aliphatic carbocycles. The maximum absolute atomic E-state index is 13.1. The van der Waals surface area contributed by atoms with Crippen molar-refractivity contribution in [2.75, 3.05) is 26.7 Å². The molecule has 2 heterocycles. The second-order valence-electron chi connectivity index (χ2n) is 8.92. The lowest BCUT2D eigenvalue weighted by molar-refractivity contribution is -0.134. The van der Waals surface area contributed by atoms with E-state index in [1.807, 2.05) is 59.5 Å². The summed E-state index contributed by atoms with van der Waals surface area (Å²) in [6, 6.07) is 21.8. The Bertz CT molecular complexity index is 1250. The average molecular weight is 456 g/mol. The number of nitrogens with zero attached hydrogens (tertiary/aromatic N) is 3. The zero-order valence-corrected chi connectivity index (χ0v) is 19.8. The fourth-order valence-electron chi connectivity index (χ4n) is 4.66. The number of methoxy groups -OCH3 is 1. The third-order valence-corrected chi connectivity index (χ3v) is 6.42. The number of amidine groups is 1. The first-order chi connectivity index (χ1) is 16.5. The number of benzene rings is 3. The lowest BCUT2D eigenvalue weighted by Crippen LogP contribution is -2.55. The van der Waals surface area contributed by atoms with Gasteiger partial charge >= 0.3 is 0 Å². The van der Waals surface area contributed by atoms with Gasteiger partial charge in [-0.05, 0) is 55.8 Å². The monoisotopic (exact) mass is 455 g/mol. The average Bonchev–Trinajstić information content (AvgIpc) is 3.00. The SMILES string of the molecule is COc1cccc(CC(=O)N2CCN(C3=Nc4ccccc4Oc4ccc(C)cc43)CC2C)c1. The van der Waals surface area contributed by atoms with Crippen LogP contribution in [-0.2, 0) is 11.2 Å². The molecule has 1 unspecified atom stereocenters. The number of carbonyl (C=O) groups excluding carboxylic acids is 1. The molecule has 3 aromatic rings. The predicted molar refractivity (Wildman–Crippen MR) is 133 cm³/mol. The number of aryl methyl sites for hydroxylation is 1. The summed E-state index contributed by atoms with van der Waals surface area (Å²) >= 11 is 0. The van der Waals surface area contributed by atoms with Crippen LogP contribution < -0.4 is 9.47 Å². The van der Waals surface area contributed by atoms with Crippen molar-refractivity contribution in [3.8, 4) is 17.2 Å². The molecule has 34 heavy (non-hydrogen) atoms. The fourth-order valence-corrected chi connectivity index (χ4v) is 4.66. The number of ether oxygens (including phenoxy) is 2. The highest BCUT2D eigenvalue weighted by Gasteiger charge is 2.31. The number of amides is 1. The summed E-state index contributed by atoms with van der Waals surface area (Å²) in [5, 5.41) is 0. The molecule has 1 fully saturated rings. The summed E-state index contributed by atoms with van der Waals surface area (Å²) in [5.74, 6) is 3.36. The van der Waals surface area contributed by atoms with E-state index >= 15 is 0 Å². The zero-order valence-electron chi connectivity index (χ0n) is 19.8. The van der Waals surface area contributed by atoms with Crippen LogP contribution in [0.4, 0.5) is 5.69 Å². The quantitative estimate of drug-likeness (QED) is 0.560. The molecular formula is C28H29N3O3. The first kappa shape index (κ1) is 22.0. The largest absolute Gasteiger partial charge is 0.497 e. The molecule has 6 nitrogen and oxygen atoms in total. The number of aliphatic imine (C=N–C) groups is 1. The Morgan fingerprint density at radius 1 is 1.06 bits per heavy atom. The topological polar surface area (TPSA) is 54.4 Å². The molecule has 1 saturated heterocycles. The van der Waals surface area contributed by atoms with Crippen LogP contribution in [0, 0.1) is 6.92 Å². The minimum Gasteiger partial charge on any atom is -0.497 e. The first-order valence-electron chi connectivity index (χ1n) is 11.7. The predicted octanol–water partition coefficient (Wildman–Crippen LogP) is 4.96. The van der Waals surface area contributed by atoms with Crippen LogP contribution in [0.2, 0.25) is 0 Å². The molecule has 0 radical (unpaired) electrons. The fraction of sp³-hybridized carbons (Fsp3) is 0.286. The molecule has 0 aromatic heterocycles. The molecule has 6 heteroatoms. The second-order valence-corrected chi connectivity index (χ2v) is 8.92. The van der Waals surface area contributed by atoms with E-state index in [1.54, 1.807) is 7.11 Å². The van der Waals surface area contributed by atoms with Crippen molar-refractivity contribution in [1.29, 1.82) is 0 Å². The Kier molecular flexibility index (Phi) is 5.97. The first-order valence-corrected chi connectivity index (χ1v) is 11.7. The van der Waals surface area contributed by atoms with Crippen molar-refractivity contribution in [1.82, 2.24) is 9.80 Å². The van der Waals surface area contributed by atoms with Gasteiger partial charge in [0.1, 0.15) is 23.0 Å². The van der Waals surface area contributed by atoms with E-state index in [-0.39, 0.29) is 11.9 Å². The van der Waals surface area contributed by atoms with E-state index in [0.717, 1.165) is 45.5 Å². The van der Waals surface area contributed by atoms with E-state index in [0.29, 0.717) is 26.1 Å². The molecule has 0 N–H and O–H groups in total. The van der Waals surface area contributed by atoms with Gasteiger partial charge in [-0.3, -0.25) is 4.79 Å².